The van der Waals surface area contributed by atoms with Crippen molar-refractivity contribution in [2.45, 2.75) is 26.7 Å². The molecule has 0 aromatic carbocycles. The van der Waals surface area contributed by atoms with Crippen molar-refractivity contribution < 1.29 is 0 Å². The summed E-state index contributed by atoms with van der Waals surface area (Å²) in [5, 5.41) is 8.36. The van der Waals surface area contributed by atoms with Crippen LogP contribution in [0.25, 0.3) is 0 Å². The van der Waals surface area contributed by atoms with Gasteiger partial charge in [-0.15, -0.1) is 0 Å². The maximum Gasteiger partial charge on any atom is 0.0652 e. The van der Waals surface area contributed by atoms with Crippen LogP contribution in [0.2, 0.25) is 0 Å². The largest absolute Gasteiger partial charge is 0.198 e. The molecule has 9 heavy (non-hydrogen) atoms. The molecule has 0 N–H and O–H groups in total. The predicted molar refractivity (Wildman–Crippen MR) is 38.8 cm³/mol. The summed E-state index contributed by atoms with van der Waals surface area (Å²) in [6, 6.07) is 2.19. The Bertz CT molecular complexity index is 119. The number of hydrogen-bond donors (Lipinski definition) is 0. The zero-order valence-corrected chi connectivity index (χ0v) is 6.09. The maximum atomic E-state index is 8.36. The van der Waals surface area contributed by atoms with E-state index in [2.05, 4.69) is 12.1 Å². The van der Waals surface area contributed by atoms with Crippen molar-refractivity contribution in [2.24, 2.45) is 5.92 Å². The van der Waals surface area contributed by atoms with Crippen molar-refractivity contribution in [2.75, 3.05) is 0 Å². The fraction of sp³-hybridized carbons (Fsp3) is 0.625. The Morgan fingerprint density at radius 2 is 2.33 bits per heavy atom. The summed E-state index contributed by atoms with van der Waals surface area (Å²) in [6.45, 7) is 3.94. The van der Waals surface area contributed by atoms with E-state index in [1.54, 1.807) is 0 Å². The topological polar surface area (TPSA) is 23.8 Å². The van der Waals surface area contributed by atoms with Gasteiger partial charge < -0.3 is 0 Å². The molecule has 0 aliphatic carbocycles. The SMILES string of the molecule is C/C=C/CCC(C)C#N. The van der Waals surface area contributed by atoms with E-state index in [9.17, 15) is 0 Å². The van der Waals surface area contributed by atoms with Gasteiger partial charge in [-0.2, -0.15) is 5.26 Å². The lowest BCUT2D eigenvalue weighted by Gasteiger charge is -1.94. The van der Waals surface area contributed by atoms with Crippen LogP contribution >= 0.6 is 0 Å². The molecule has 1 heteroatoms. The van der Waals surface area contributed by atoms with Crippen LogP contribution in [0.3, 0.4) is 0 Å². The first-order valence-corrected chi connectivity index (χ1v) is 3.32. The summed E-state index contributed by atoms with van der Waals surface area (Å²) in [4.78, 5) is 0. The molecule has 0 spiro atoms. The van der Waals surface area contributed by atoms with Crippen molar-refractivity contribution in [3.05, 3.63) is 12.2 Å². The van der Waals surface area contributed by atoms with Crippen molar-refractivity contribution in [1.29, 1.82) is 5.26 Å². The van der Waals surface area contributed by atoms with Gasteiger partial charge in [-0.1, -0.05) is 12.2 Å². The van der Waals surface area contributed by atoms with Gasteiger partial charge in [0, 0.05) is 5.92 Å². The molecule has 0 saturated heterocycles. The molecule has 0 rings (SSSR count). The van der Waals surface area contributed by atoms with Crippen molar-refractivity contribution in [1.82, 2.24) is 0 Å². The molecule has 0 aromatic rings. The van der Waals surface area contributed by atoms with E-state index in [0.717, 1.165) is 12.8 Å². The molecule has 0 aromatic heterocycles. The summed E-state index contributed by atoms with van der Waals surface area (Å²) < 4.78 is 0. The van der Waals surface area contributed by atoms with Gasteiger partial charge in [-0.05, 0) is 26.7 Å². The molecule has 1 atom stereocenters. The molecule has 0 aliphatic heterocycles. The minimum absolute atomic E-state index is 0.209. The van der Waals surface area contributed by atoms with Gasteiger partial charge in [-0.25, -0.2) is 0 Å². The van der Waals surface area contributed by atoms with Crippen molar-refractivity contribution in [3.8, 4) is 6.07 Å². The van der Waals surface area contributed by atoms with Crippen LogP contribution in [0, 0.1) is 17.2 Å². The Balaban J connectivity index is 3.19. The highest BCUT2D eigenvalue weighted by atomic mass is 14.2. The highest BCUT2D eigenvalue weighted by molar-refractivity contribution is 4.83. The second-order valence-corrected chi connectivity index (χ2v) is 2.18. The van der Waals surface area contributed by atoms with E-state index < -0.39 is 0 Å². The minimum atomic E-state index is 0.209. The highest BCUT2D eigenvalue weighted by Gasteiger charge is 1.94. The molecule has 0 saturated carbocycles. The van der Waals surface area contributed by atoms with Crippen LogP contribution in [0.15, 0.2) is 12.2 Å². The Labute approximate surface area is 57.0 Å². The quantitative estimate of drug-likeness (QED) is 0.529. The second kappa shape index (κ2) is 5.37. The van der Waals surface area contributed by atoms with Crippen LogP contribution in [0.5, 0.6) is 0 Å². The summed E-state index contributed by atoms with van der Waals surface area (Å²) in [5.41, 5.74) is 0. The van der Waals surface area contributed by atoms with E-state index in [1.165, 1.54) is 0 Å². The fourth-order valence-electron chi connectivity index (χ4n) is 0.577. The van der Waals surface area contributed by atoms with Gasteiger partial charge in [0.25, 0.3) is 0 Å². The first kappa shape index (κ1) is 8.23. The summed E-state index contributed by atoms with van der Waals surface area (Å²) >= 11 is 0. The van der Waals surface area contributed by atoms with Gasteiger partial charge in [-0.3, -0.25) is 0 Å². The van der Waals surface area contributed by atoms with E-state index in [4.69, 9.17) is 5.26 Å². The van der Waals surface area contributed by atoms with E-state index in [-0.39, 0.29) is 5.92 Å². The van der Waals surface area contributed by atoms with Crippen LogP contribution < -0.4 is 0 Å². The fourth-order valence-corrected chi connectivity index (χ4v) is 0.577. The lowest BCUT2D eigenvalue weighted by Crippen LogP contribution is -1.86. The van der Waals surface area contributed by atoms with E-state index in [0.29, 0.717) is 0 Å². The summed E-state index contributed by atoms with van der Waals surface area (Å²) in [6.07, 6.45) is 6.13. The second-order valence-electron chi connectivity index (χ2n) is 2.18. The lowest BCUT2D eigenvalue weighted by molar-refractivity contribution is 0.671. The molecule has 0 heterocycles. The molecule has 0 bridgehead atoms. The molecular weight excluding hydrogens is 110 g/mol. The number of rotatable bonds is 3. The monoisotopic (exact) mass is 123 g/mol. The smallest absolute Gasteiger partial charge is 0.0652 e. The van der Waals surface area contributed by atoms with Crippen LogP contribution in [0.1, 0.15) is 26.7 Å². The van der Waals surface area contributed by atoms with Gasteiger partial charge in [0.2, 0.25) is 0 Å². The van der Waals surface area contributed by atoms with E-state index in [1.807, 2.05) is 19.9 Å². The van der Waals surface area contributed by atoms with Crippen LogP contribution in [0.4, 0.5) is 0 Å². The van der Waals surface area contributed by atoms with Crippen molar-refractivity contribution in [3.63, 3.8) is 0 Å². The van der Waals surface area contributed by atoms with Crippen LogP contribution in [-0.4, -0.2) is 0 Å². The van der Waals surface area contributed by atoms with Crippen LogP contribution in [-0.2, 0) is 0 Å². The Hall–Kier alpha value is -0.770. The predicted octanol–water partition coefficient (Wildman–Crippen LogP) is 2.50. The Morgan fingerprint density at radius 1 is 1.67 bits per heavy atom. The summed E-state index contributed by atoms with van der Waals surface area (Å²) in [5.74, 6) is 0.209. The molecule has 1 unspecified atom stereocenters. The highest BCUT2D eigenvalue weighted by Crippen LogP contribution is 2.03. The van der Waals surface area contributed by atoms with Gasteiger partial charge in [0.1, 0.15) is 0 Å². The first-order valence-electron chi connectivity index (χ1n) is 3.32. The zero-order valence-electron chi connectivity index (χ0n) is 6.09. The van der Waals surface area contributed by atoms with Crippen molar-refractivity contribution >= 4 is 0 Å². The standard InChI is InChI=1S/C8H13N/c1-3-4-5-6-8(2)7-9/h3-4,8H,5-6H2,1-2H3/b4-3+. The molecule has 0 fully saturated rings. The molecule has 0 radical (unpaired) electrons. The summed E-state index contributed by atoms with van der Waals surface area (Å²) in [7, 11) is 0. The number of allylic oxidation sites excluding steroid dienone is 2. The zero-order chi connectivity index (χ0) is 7.11. The van der Waals surface area contributed by atoms with Gasteiger partial charge >= 0.3 is 0 Å². The van der Waals surface area contributed by atoms with E-state index >= 15 is 0 Å². The molecule has 1 nitrogen and oxygen atoms in total. The first-order chi connectivity index (χ1) is 4.31. The minimum Gasteiger partial charge on any atom is -0.198 e. The third-order valence-electron chi connectivity index (χ3n) is 1.22. The third-order valence-corrected chi connectivity index (χ3v) is 1.22. The maximum absolute atomic E-state index is 8.36. The molecule has 50 valence electrons. The molecule has 0 amide bonds. The average molecular weight is 123 g/mol. The van der Waals surface area contributed by atoms with Gasteiger partial charge in [0.05, 0.1) is 6.07 Å². The molecule has 0 aliphatic rings. The third kappa shape index (κ3) is 5.10. The normalized spacial score (nSPS) is 13.4. The number of hydrogen-bond acceptors (Lipinski definition) is 1. The lowest BCUT2D eigenvalue weighted by atomic mass is 10.1. The van der Waals surface area contributed by atoms with Gasteiger partial charge in [0.15, 0.2) is 0 Å². The number of nitriles is 1. The molecular formula is C8H13N. The number of nitrogens with zero attached hydrogens (tertiary/aromatic N) is 1. The average Bonchev–Trinajstić information content (AvgIpc) is 1.89. The Kier molecular flexibility index (Phi) is 4.91. The Morgan fingerprint density at radius 3 is 2.78 bits per heavy atom.